The van der Waals surface area contributed by atoms with Crippen molar-refractivity contribution in [3.8, 4) is 6.01 Å². The molecule has 0 fully saturated rings. The van der Waals surface area contributed by atoms with Gasteiger partial charge in [0.15, 0.2) is 0 Å². The van der Waals surface area contributed by atoms with Crippen molar-refractivity contribution in [2.75, 3.05) is 30.8 Å². The van der Waals surface area contributed by atoms with Crippen LogP contribution in [-0.4, -0.2) is 46.9 Å². The van der Waals surface area contributed by atoms with Gasteiger partial charge in [0.1, 0.15) is 0 Å². The highest BCUT2D eigenvalue weighted by molar-refractivity contribution is 5.36. The van der Waals surface area contributed by atoms with Crippen molar-refractivity contribution < 1.29 is 9.47 Å². The second kappa shape index (κ2) is 7.23. The zero-order valence-corrected chi connectivity index (χ0v) is 13.1. The van der Waals surface area contributed by atoms with E-state index in [0.29, 0.717) is 24.5 Å². The van der Waals surface area contributed by atoms with E-state index >= 15 is 0 Å². The molecule has 2 N–H and O–H groups in total. The molecule has 0 saturated heterocycles. The summed E-state index contributed by atoms with van der Waals surface area (Å²) in [5.41, 5.74) is -0.302. The SMILES string of the molecule is CCNc1nc(NCC(C)(C)OC)nc(OC(C)C)n1. The minimum absolute atomic E-state index is 0.00939. The standard InChI is InChI=1S/C13H25N5O2/c1-7-14-10-16-11(15-8-13(4,5)19-6)18-12(17-10)20-9(2)3/h9H,7-8H2,1-6H3,(H2,14,15,16,17,18). The summed E-state index contributed by atoms with van der Waals surface area (Å²) in [5, 5.41) is 6.20. The molecule has 0 unspecified atom stereocenters. The van der Waals surface area contributed by atoms with Crippen LogP contribution in [0.3, 0.4) is 0 Å². The molecule has 1 rings (SSSR count). The summed E-state index contributed by atoms with van der Waals surface area (Å²) in [6, 6.07) is 0.309. The average molecular weight is 283 g/mol. The summed E-state index contributed by atoms with van der Waals surface area (Å²) in [7, 11) is 1.67. The molecule has 0 aliphatic carbocycles. The monoisotopic (exact) mass is 283 g/mol. The first-order valence-corrected chi connectivity index (χ1v) is 6.82. The number of ether oxygens (including phenoxy) is 2. The van der Waals surface area contributed by atoms with Gasteiger partial charge < -0.3 is 20.1 Å². The summed E-state index contributed by atoms with van der Waals surface area (Å²) >= 11 is 0. The minimum Gasteiger partial charge on any atom is -0.461 e. The van der Waals surface area contributed by atoms with Gasteiger partial charge in [0.2, 0.25) is 11.9 Å². The Bertz CT molecular complexity index is 423. The molecule has 0 saturated carbocycles. The molecule has 0 bridgehead atoms. The fraction of sp³-hybridized carbons (Fsp3) is 0.769. The fourth-order valence-electron chi connectivity index (χ4n) is 1.30. The lowest BCUT2D eigenvalue weighted by atomic mass is 10.1. The molecular weight excluding hydrogens is 258 g/mol. The fourth-order valence-corrected chi connectivity index (χ4v) is 1.30. The van der Waals surface area contributed by atoms with Crippen LogP contribution in [0, 0.1) is 0 Å². The van der Waals surface area contributed by atoms with E-state index in [9.17, 15) is 0 Å². The van der Waals surface area contributed by atoms with Crippen molar-refractivity contribution in [3.63, 3.8) is 0 Å². The molecule has 0 aliphatic rings. The summed E-state index contributed by atoms with van der Waals surface area (Å²) in [4.78, 5) is 12.7. The second-order valence-electron chi connectivity index (χ2n) is 5.28. The zero-order valence-electron chi connectivity index (χ0n) is 13.1. The Hall–Kier alpha value is -1.63. The first-order chi connectivity index (χ1) is 9.36. The van der Waals surface area contributed by atoms with E-state index in [0.717, 1.165) is 6.54 Å². The topological polar surface area (TPSA) is 81.2 Å². The van der Waals surface area contributed by atoms with E-state index in [1.54, 1.807) is 7.11 Å². The number of nitrogens with one attached hydrogen (secondary N) is 2. The normalized spacial score (nSPS) is 11.6. The molecule has 7 heteroatoms. The lowest BCUT2D eigenvalue weighted by Gasteiger charge is -2.23. The van der Waals surface area contributed by atoms with Gasteiger partial charge in [0.05, 0.1) is 11.7 Å². The second-order valence-corrected chi connectivity index (χ2v) is 5.28. The van der Waals surface area contributed by atoms with Gasteiger partial charge in [-0.2, -0.15) is 15.0 Å². The number of hydrogen-bond acceptors (Lipinski definition) is 7. The zero-order chi connectivity index (χ0) is 15.2. The van der Waals surface area contributed by atoms with E-state index in [4.69, 9.17) is 9.47 Å². The van der Waals surface area contributed by atoms with Gasteiger partial charge in [0, 0.05) is 20.2 Å². The Kier molecular flexibility index (Phi) is 5.94. The predicted octanol–water partition coefficient (Wildman–Crippen LogP) is 1.93. The smallest absolute Gasteiger partial charge is 0.323 e. The molecule has 1 aromatic rings. The van der Waals surface area contributed by atoms with Crippen molar-refractivity contribution >= 4 is 11.9 Å². The Morgan fingerprint density at radius 2 is 1.70 bits per heavy atom. The molecule has 0 aliphatic heterocycles. The highest BCUT2D eigenvalue weighted by Crippen LogP contribution is 2.14. The van der Waals surface area contributed by atoms with Crippen molar-refractivity contribution in [3.05, 3.63) is 0 Å². The first-order valence-electron chi connectivity index (χ1n) is 6.82. The van der Waals surface area contributed by atoms with Crippen LogP contribution in [0.25, 0.3) is 0 Å². The highest BCUT2D eigenvalue weighted by atomic mass is 16.5. The first kappa shape index (κ1) is 16.4. The Balaban J connectivity index is 2.85. The molecule has 20 heavy (non-hydrogen) atoms. The maximum absolute atomic E-state index is 5.53. The molecule has 0 spiro atoms. The quantitative estimate of drug-likeness (QED) is 0.754. The van der Waals surface area contributed by atoms with Crippen molar-refractivity contribution in [2.24, 2.45) is 0 Å². The number of methoxy groups -OCH3 is 1. The van der Waals surface area contributed by atoms with Crippen molar-refractivity contribution in [1.82, 2.24) is 15.0 Å². The third-order valence-electron chi connectivity index (χ3n) is 2.52. The number of hydrogen-bond donors (Lipinski definition) is 2. The van der Waals surface area contributed by atoms with Crippen LogP contribution >= 0.6 is 0 Å². The van der Waals surface area contributed by atoms with Gasteiger partial charge >= 0.3 is 6.01 Å². The molecule has 0 amide bonds. The summed E-state index contributed by atoms with van der Waals surface area (Å²) in [6.07, 6.45) is 0.00939. The molecule has 0 atom stereocenters. The third kappa shape index (κ3) is 5.56. The van der Waals surface area contributed by atoms with Crippen LogP contribution in [0.4, 0.5) is 11.9 Å². The van der Waals surface area contributed by atoms with Crippen LogP contribution < -0.4 is 15.4 Å². The summed E-state index contributed by atoms with van der Waals surface area (Å²) in [6.45, 7) is 11.1. The van der Waals surface area contributed by atoms with Crippen LogP contribution in [0.2, 0.25) is 0 Å². The average Bonchev–Trinajstić information content (AvgIpc) is 2.36. The maximum atomic E-state index is 5.53. The Morgan fingerprint density at radius 1 is 1.10 bits per heavy atom. The van der Waals surface area contributed by atoms with Gasteiger partial charge in [-0.15, -0.1) is 0 Å². The van der Waals surface area contributed by atoms with E-state index in [1.807, 2.05) is 34.6 Å². The molecule has 7 nitrogen and oxygen atoms in total. The highest BCUT2D eigenvalue weighted by Gasteiger charge is 2.17. The Morgan fingerprint density at radius 3 is 2.20 bits per heavy atom. The van der Waals surface area contributed by atoms with E-state index in [1.165, 1.54) is 0 Å². The molecule has 1 heterocycles. The van der Waals surface area contributed by atoms with E-state index in [2.05, 4.69) is 25.6 Å². The number of nitrogens with zero attached hydrogens (tertiary/aromatic N) is 3. The summed E-state index contributed by atoms with van der Waals surface area (Å²) in [5.74, 6) is 0.965. The van der Waals surface area contributed by atoms with Crippen molar-refractivity contribution in [2.45, 2.75) is 46.3 Å². The van der Waals surface area contributed by atoms with Gasteiger partial charge in [-0.25, -0.2) is 0 Å². The molecular formula is C13H25N5O2. The largest absolute Gasteiger partial charge is 0.461 e. The molecule has 0 aromatic carbocycles. The van der Waals surface area contributed by atoms with Crippen LogP contribution in [0.1, 0.15) is 34.6 Å². The third-order valence-corrected chi connectivity index (χ3v) is 2.52. The van der Waals surface area contributed by atoms with Gasteiger partial charge in [-0.05, 0) is 34.6 Å². The maximum Gasteiger partial charge on any atom is 0.323 e. The minimum atomic E-state index is -0.302. The molecule has 114 valence electrons. The molecule has 1 aromatic heterocycles. The van der Waals surface area contributed by atoms with Crippen LogP contribution in [-0.2, 0) is 4.74 Å². The summed E-state index contributed by atoms with van der Waals surface area (Å²) < 4.78 is 10.9. The number of rotatable bonds is 8. The van der Waals surface area contributed by atoms with E-state index in [-0.39, 0.29) is 11.7 Å². The van der Waals surface area contributed by atoms with Crippen LogP contribution in [0.15, 0.2) is 0 Å². The predicted molar refractivity (Wildman–Crippen MR) is 79.3 cm³/mol. The van der Waals surface area contributed by atoms with Gasteiger partial charge in [-0.1, -0.05) is 0 Å². The number of anilines is 2. The molecule has 0 radical (unpaired) electrons. The van der Waals surface area contributed by atoms with Crippen LogP contribution in [0.5, 0.6) is 6.01 Å². The number of aromatic nitrogens is 3. The van der Waals surface area contributed by atoms with Crippen molar-refractivity contribution in [1.29, 1.82) is 0 Å². The Labute approximate surface area is 120 Å². The lowest BCUT2D eigenvalue weighted by molar-refractivity contribution is 0.0342. The van der Waals surface area contributed by atoms with Gasteiger partial charge in [-0.3, -0.25) is 0 Å². The van der Waals surface area contributed by atoms with E-state index < -0.39 is 0 Å². The van der Waals surface area contributed by atoms with Gasteiger partial charge in [0.25, 0.3) is 0 Å². The lowest BCUT2D eigenvalue weighted by Crippen LogP contribution is -2.32.